The zero-order valence-electron chi connectivity index (χ0n) is 23.7. The molecule has 1 amide bonds. The van der Waals surface area contributed by atoms with Gasteiger partial charge in [-0.25, -0.2) is 4.99 Å². The molecule has 1 aliphatic heterocycles. The van der Waals surface area contributed by atoms with Crippen LogP contribution in [-0.4, -0.2) is 33.3 Å². The van der Waals surface area contributed by atoms with Gasteiger partial charge in [-0.1, -0.05) is 23.8 Å². The summed E-state index contributed by atoms with van der Waals surface area (Å²) in [5.74, 6) is 1.29. The second-order valence-corrected chi connectivity index (χ2v) is 10.9. The van der Waals surface area contributed by atoms with Gasteiger partial charge in [-0.15, -0.1) is 0 Å². The Bertz CT molecular complexity index is 1290. The Morgan fingerprint density at radius 3 is 2.61 bits per heavy atom. The Kier molecular flexibility index (Phi) is 9.45. The molecule has 0 radical (unpaired) electrons. The van der Waals surface area contributed by atoms with Crippen molar-refractivity contribution in [2.24, 2.45) is 15.7 Å². The highest BCUT2D eigenvalue weighted by Gasteiger charge is 2.14. The maximum Gasteiger partial charge on any atom is 0.254 e. The minimum atomic E-state index is -0.281. The maximum absolute atomic E-state index is 12.6. The van der Waals surface area contributed by atoms with E-state index < -0.39 is 0 Å². The highest BCUT2D eigenvalue weighted by molar-refractivity contribution is 6.12. The number of aliphatic imine (C=N–C) groups is 2. The molecule has 1 aromatic heterocycles. The van der Waals surface area contributed by atoms with Gasteiger partial charge in [0.05, 0.1) is 11.1 Å². The number of nitrogens with one attached hydrogen (secondary N) is 2. The molecule has 38 heavy (non-hydrogen) atoms. The van der Waals surface area contributed by atoms with Gasteiger partial charge >= 0.3 is 0 Å². The number of nitrogens with two attached hydrogens (primary N) is 1. The van der Waals surface area contributed by atoms with Crippen molar-refractivity contribution in [3.63, 3.8) is 0 Å². The number of amidine groups is 1. The van der Waals surface area contributed by atoms with Crippen LogP contribution in [0.25, 0.3) is 5.57 Å². The molecule has 8 nitrogen and oxygen atoms in total. The van der Waals surface area contributed by atoms with E-state index in [1.807, 2.05) is 59.9 Å². The smallest absolute Gasteiger partial charge is 0.254 e. The minimum Gasteiger partial charge on any atom is -0.404 e. The van der Waals surface area contributed by atoms with Crippen molar-refractivity contribution >= 4 is 29.3 Å². The molecule has 1 aromatic carbocycles. The van der Waals surface area contributed by atoms with Crippen LogP contribution in [0.2, 0.25) is 0 Å². The van der Waals surface area contributed by atoms with Crippen molar-refractivity contribution in [1.29, 1.82) is 0 Å². The van der Waals surface area contributed by atoms with Gasteiger partial charge in [0.2, 0.25) is 0 Å². The average molecular weight is 516 g/mol. The number of carbonyl (C=O) groups is 1. The van der Waals surface area contributed by atoms with Crippen molar-refractivity contribution in [2.45, 2.75) is 79.9 Å². The molecule has 0 aliphatic carbocycles. The summed E-state index contributed by atoms with van der Waals surface area (Å²) in [6.07, 6.45) is 8.91. The first-order valence-electron chi connectivity index (χ1n) is 13.0. The van der Waals surface area contributed by atoms with Gasteiger partial charge in [0.15, 0.2) is 5.82 Å². The van der Waals surface area contributed by atoms with Crippen LogP contribution in [0.4, 0.5) is 5.82 Å². The Morgan fingerprint density at radius 1 is 1.21 bits per heavy atom. The summed E-state index contributed by atoms with van der Waals surface area (Å²) in [6, 6.07) is 8.32. The SMILES string of the molecule is CC(C)=CN=C(/C=C(\C)c1ccc(CNC(=O)C(C=NC(C)(C)C)=CN)c(C)c1)Nc1cc2n(n1)CCC2. The molecular weight excluding hydrogens is 474 g/mol. The largest absolute Gasteiger partial charge is 0.404 e. The van der Waals surface area contributed by atoms with Crippen LogP contribution in [0.5, 0.6) is 0 Å². The van der Waals surface area contributed by atoms with E-state index in [9.17, 15) is 4.79 Å². The van der Waals surface area contributed by atoms with E-state index in [-0.39, 0.29) is 11.4 Å². The molecule has 0 fully saturated rings. The van der Waals surface area contributed by atoms with Gasteiger partial charge in [-0.2, -0.15) is 5.10 Å². The van der Waals surface area contributed by atoms with Gasteiger partial charge in [-0.3, -0.25) is 14.5 Å². The van der Waals surface area contributed by atoms with Crippen molar-refractivity contribution < 1.29 is 4.79 Å². The van der Waals surface area contributed by atoms with Crippen molar-refractivity contribution in [3.05, 3.63) is 76.3 Å². The number of anilines is 1. The molecule has 0 bridgehead atoms. The zero-order valence-corrected chi connectivity index (χ0v) is 23.7. The van der Waals surface area contributed by atoms with Crippen LogP contribution in [0.3, 0.4) is 0 Å². The fraction of sp³-hybridized carbons (Fsp3) is 0.400. The number of aromatic nitrogens is 2. The molecule has 1 aliphatic rings. The first-order valence-corrected chi connectivity index (χ1v) is 13.0. The van der Waals surface area contributed by atoms with Crippen LogP contribution in [0, 0.1) is 6.92 Å². The highest BCUT2D eigenvalue weighted by Crippen LogP contribution is 2.21. The van der Waals surface area contributed by atoms with E-state index in [1.54, 1.807) is 0 Å². The highest BCUT2D eigenvalue weighted by atomic mass is 16.1. The second kappa shape index (κ2) is 12.5. The maximum atomic E-state index is 12.6. The molecular formula is C30H41N7O. The Balaban J connectivity index is 1.73. The lowest BCUT2D eigenvalue weighted by Gasteiger charge is -2.13. The molecule has 3 rings (SSSR count). The summed E-state index contributed by atoms with van der Waals surface area (Å²) in [5, 5.41) is 11.0. The molecule has 0 spiro atoms. The molecule has 2 aromatic rings. The number of carbonyl (C=O) groups excluding carboxylic acids is 1. The zero-order chi connectivity index (χ0) is 27.9. The number of hydrogen-bond donors (Lipinski definition) is 3. The number of aryl methyl sites for hydroxylation is 3. The fourth-order valence-corrected chi connectivity index (χ4v) is 3.90. The topological polar surface area (TPSA) is 110 Å². The van der Waals surface area contributed by atoms with Crippen LogP contribution in [0.1, 0.15) is 70.3 Å². The van der Waals surface area contributed by atoms with Gasteiger partial charge in [0.1, 0.15) is 5.84 Å². The second-order valence-electron chi connectivity index (χ2n) is 10.9. The van der Waals surface area contributed by atoms with E-state index >= 15 is 0 Å². The van der Waals surface area contributed by atoms with Gasteiger partial charge in [-0.05, 0) is 89.6 Å². The summed E-state index contributed by atoms with van der Waals surface area (Å²) >= 11 is 0. The predicted molar refractivity (Wildman–Crippen MR) is 158 cm³/mol. The predicted octanol–water partition coefficient (Wildman–Crippen LogP) is 5.30. The molecule has 0 saturated heterocycles. The summed E-state index contributed by atoms with van der Waals surface area (Å²) in [4.78, 5) is 21.6. The standard InChI is InChI=1S/C30H41N7O/c1-20(2)17-32-27(35-28-15-26-9-8-12-37(26)36-28)14-22(4)23-10-11-24(21(3)13-23)18-33-29(38)25(16-31)19-34-30(5,6)7/h10-11,13-17,19H,8-9,12,18,31H2,1-7H3,(H,33,38)(H,32,35,36)/b22-14+,25-16?,34-19?. The number of hydrogen-bond acceptors (Lipinski definition) is 5. The molecule has 8 heteroatoms. The van der Waals surface area contributed by atoms with E-state index in [2.05, 4.69) is 55.5 Å². The van der Waals surface area contributed by atoms with Crippen LogP contribution in [-0.2, 0) is 24.3 Å². The third-order valence-electron chi connectivity index (χ3n) is 6.01. The first-order chi connectivity index (χ1) is 17.9. The Hall–Kier alpha value is -3.94. The van der Waals surface area contributed by atoms with E-state index in [4.69, 9.17) is 5.73 Å². The molecule has 4 N–H and O–H groups in total. The third-order valence-corrected chi connectivity index (χ3v) is 6.01. The number of fused-ring (bicyclic) bond motifs is 1. The van der Waals surface area contributed by atoms with Crippen molar-refractivity contribution in [3.8, 4) is 0 Å². The molecule has 0 unspecified atom stereocenters. The quantitative estimate of drug-likeness (QED) is 0.252. The van der Waals surface area contributed by atoms with Crippen LogP contribution in [0.15, 0.2) is 63.9 Å². The van der Waals surface area contributed by atoms with Gasteiger partial charge in [0, 0.05) is 43.5 Å². The number of benzene rings is 1. The number of amides is 1. The number of allylic oxidation sites excluding steroid dienone is 2. The van der Waals surface area contributed by atoms with E-state index in [0.29, 0.717) is 12.1 Å². The summed E-state index contributed by atoms with van der Waals surface area (Å²) in [5.41, 5.74) is 12.3. The minimum absolute atomic E-state index is 0.253. The summed E-state index contributed by atoms with van der Waals surface area (Å²) in [7, 11) is 0. The molecule has 202 valence electrons. The monoisotopic (exact) mass is 515 g/mol. The molecule has 0 atom stereocenters. The van der Waals surface area contributed by atoms with Crippen molar-refractivity contribution in [1.82, 2.24) is 15.1 Å². The number of rotatable bonds is 8. The number of nitrogens with zero attached hydrogens (tertiary/aromatic N) is 4. The first kappa shape index (κ1) is 28.6. The third kappa shape index (κ3) is 8.30. The van der Waals surface area contributed by atoms with Crippen LogP contribution >= 0.6 is 0 Å². The van der Waals surface area contributed by atoms with Crippen LogP contribution < -0.4 is 16.4 Å². The van der Waals surface area contributed by atoms with Gasteiger partial charge < -0.3 is 16.4 Å². The fourth-order valence-electron chi connectivity index (χ4n) is 3.90. The summed E-state index contributed by atoms with van der Waals surface area (Å²) in [6.45, 7) is 15.4. The molecule has 0 saturated carbocycles. The normalized spacial score (nSPS) is 14.6. The lowest BCUT2D eigenvalue weighted by molar-refractivity contribution is -0.117. The molecule has 2 heterocycles. The summed E-state index contributed by atoms with van der Waals surface area (Å²) < 4.78 is 2.06. The van der Waals surface area contributed by atoms with E-state index in [0.717, 1.165) is 58.9 Å². The Morgan fingerprint density at radius 2 is 1.97 bits per heavy atom. The average Bonchev–Trinajstić information content (AvgIpc) is 3.43. The lowest BCUT2D eigenvalue weighted by atomic mass is 10.00. The van der Waals surface area contributed by atoms with Crippen molar-refractivity contribution in [2.75, 3.05) is 5.32 Å². The lowest BCUT2D eigenvalue weighted by Crippen LogP contribution is -2.26. The van der Waals surface area contributed by atoms with E-state index in [1.165, 1.54) is 18.1 Å². The van der Waals surface area contributed by atoms with Gasteiger partial charge in [0.25, 0.3) is 5.91 Å². The Labute approximate surface area is 226 Å².